The summed E-state index contributed by atoms with van der Waals surface area (Å²) in [6, 6.07) is 21.6. The lowest BCUT2D eigenvalue weighted by molar-refractivity contribution is -0.178. The summed E-state index contributed by atoms with van der Waals surface area (Å²) in [5, 5.41) is 0. The fraction of sp³-hybridized carbons (Fsp3) is 0.429. The normalized spacial score (nSPS) is 21.1. The molecule has 0 radical (unpaired) electrons. The average Bonchev–Trinajstić information content (AvgIpc) is 2.96. The van der Waals surface area contributed by atoms with E-state index in [-0.39, 0.29) is 29.2 Å². The molecule has 6 atom stereocenters. The maximum absolute atomic E-state index is 14.6. The van der Waals surface area contributed by atoms with Crippen molar-refractivity contribution in [1.82, 2.24) is 4.31 Å². The van der Waals surface area contributed by atoms with E-state index in [4.69, 9.17) is 9.47 Å². The van der Waals surface area contributed by atoms with E-state index < -0.39 is 40.2 Å². The van der Waals surface area contributed by atoms with E-state index in [1.54, 1.807) is 13.8 Å². The summed E-state index contributed by atoms with van der Waals surface area (Å²) < 4.78 is 42.5. The summed E-state index contributed by atoms with van der Waals surface area (Å²) in [5.74, 6) is -1.84. The Labute approximate surface area is 256 Å². The summed E-state index contributed by atoms with van der Waals surface area (Å²) in [4.78, 5) is 26.3. The maximum atomic E-state index is 14.6. The van der Waals surface area contributed by atoms with Crippen LogP contribution >= 0.6 is 0 Å². The molecule has 1 aliphatic rings. The fourth-order valence-corrected chi connectivity index (χ4v) is 8.29. The van der Waals surface area contributed by atoms with Crippen molar-refractivity contribution in [3.8, 4) is 0 Å². The van der Waals surface area contributed by atoms with E-state index in [2.05, 4.69) is 0 Å². The first kappa shape index (κ1) is 32.4. The lowest BCUT2D eigenvalue weighted by atomic mass is 9.84. The molecule has 4 rings (SSSR count). The number of nitrogens with zero attached hydrogens (tertiary/aromatic N) is 1. The Morgan fingerprint density at radius 3 is 2.09 bits per heavy atom. The third-order valence-corrected chi connectivity index (χ3v) is 10.7. The molecular weight excluding hydrogens is 562 g/mol. The standard InChI is InChI=1S/C35H43NO6S/c1-22-18-24(3)33(25(4)19-22)43(39,40)36(21-29-14-10-8-11-15-29)28(7)32(30-16-12-9-13-17-30)42-35(38)27(6)31-23(2)20-26(5)34(37)41-31/h8-19,23,26-28,31-32H,20-21H2,1-7H3/t23-,26+,27?,28?,31?,32?/m1/s1. The molecule has 0 amide bonds. The Morgan fingerprint density at radius 2 is 1.51 bits per heavy atom. The molecule has 1 saturated heterocycles. The second-order valence-corrected chi connectivity index (χ2v) is 13.9. The first-order valence-corrected chi connectivity index (χ1v) is 16.3. The minimum absolute atomic E-state index is 0.0229. The van der Waals surface area contributed by atoms with Crippen LogP contribution in [0.25, 0.3) is 0 Å². The van der Waals surface area contributed by atoms with Crippen molar-refractivity contribution in [2.75, 3.05) is 0 Å². The molecule has 8 heteroatoms. The summed E-state index contributed by atoms with van der Waals surface area (Å²) in [5.41, 5.74) is 3.78. The van der Waals surface area contributed by atoms with Gasteiger partial charge in [-0.2, -0.15) is 4.31 Å². The van der Waals surface area contributed by atoms with Crippen molar-refractivity contribution in [3.05, 3.63) is 101 Å². The molecular formula is C35H43NO6S. The van der Waals surface area contributed by atoms with Crippen LogP contribution in [-0.4, -0.2) is 36.8 Å². The molecule has 1 heterocycles. The number of hydrogen-bond acceptors (Lipinski definition) is 6. The first-order valence-electron chi connectivity index (χ1n) is 14.9. The predicted molar refractivity (Wildman–Crippen MR) is 167 cm³/mol. The van der Waals surface area contributed by atoms with Gasteiger partial charge in [-0.05, 0) is 69.2 Å². The van der Waals surface area contributed by atoms with Gasteiger partial charge in [-0.1, -0.05) is 92.2 Å². The highest BCUT2D eigenvalue weighted by molar-refractivity contribution is 7.89. The number of sulfonamides is 1. The quantitative estimate of drug-likeness (QED) is 0.239. The average molecular weight is 606 g/mol. The molecule has 0 aromatic heterocycles. The van der Waals surface area contributed by atoms with Gasteiger partial charge in [-0.15, -0.1) is 0 Å². The molecule has 4 unspecified atom stereocenters. The molecule has 43 heavy (non-hydrogen) atoms. The number of esters is 2. The molecule has 0 saturated carbocycles. The first-order chi connectivity index (χ1) is 20.3. The van der Waals surface area contributed by atoms with E-state index >= 15 is 0 Å². The van der Waals surface area contributed by atoms with E-state index in [1.807, 2.05) is 107 Å². The van der Waals surface area contributed by atoms with Gasteiger partial charge in [0.15, 0.2) is 0 Å². The van der Waals surface area contributed by atoms with Gasteiger partial charge in [0.2, 0.25) is 10.0 Å². The van der Waals surface area contributed by atoms with Gasteiger partial charge in [0.1, 0.15) is 12.2 Å². The zero-order valence-electron chi connectivity index (χ0n) is 26.1. The van der Waals surface area contributed by atoms with Crippen LogP contribution in [0.1, 0.15) is 68.0 Å². The van der Waals surface area contributed by atoms with Crippen molar-refractivity contribution < 1.29 is 27.5 Å². The van der Waals surface area contributed by atoms with E-state index in [9.17, 15) is 18.0 Å². The Balaban J connectivity index is 1.75. The zero-order chi connectivity index (χ0) is 31.5. The third kappa shape index (κ3) is 7.19. The molecule has 0 spiro atoms. The predicted octanol–water partition coefficient (Wildman–Crippen LogP) is 6.70. The molecule has 7 nitrogen and oxygen atoms in total. The van der Waals surface area contributed by atoms with Crippen molar-refractivity contribution in [2.24, 2.45) is 17.8 Å². The summed E-state index contributed by atoms with van der Waals surface area (Å²) in [7, 11) is -4.06. The Kier molecular flexibility index (Phi) is 10.1. The van der Waals surface area contributed by atoms with Crippen LogP contribution in [0, 0.1) is 38.5 Å². The number of rotatable bonds is 10. The molecule has 1 fully saturated rings. The maximum Gasteiger partial charge on any atom is 0.313 e. The van der Waals surface area contributed by atoms with Crippen LogP contribution in [0.3, 0.4) is 0 Å². The number of ether oxygens (including phenoxy) is 2. The van der Waals surface area contributed by atoms with E-state index in [0.717, 1.165) is 11.1 Å². The molecule has 0 aliphatic carbocycles. The minimum atomic E-state index is -4.06. The molecule has 3 aromatic rings. The van der Waals surface area contributed by atoms with Gasteiger partial charge in [0.25, 0.3) is 0 Å². The van der Waals surface area contributed by atoms with E-state index in [1.165, 1.54) is 4.31 Å². The summed E-state index contributed by atoms with van der Waals surface area (Å²) >= 11 is 0. The number of cyclic esters (lactones) is 1. The van der Waals surface area contributed by atoms with Crippen molar-refractivity contribution in [2.45, 2.75) is 84.6 Å². The highest BCUT2D eigenvalue weighted by Gasteiger charge is 2.42. The van der Waals surface area contributed by atoms with Gasteiger partial charge >= 0.3 is 11.9 Å². The van der Waals surface area contributed by atoms with Crippen molar-refractivity contribution in [3.63, 3.8) is 0 Å². The third-order valence-electron chi connectivity index (χ3n) is 8.42. The summed E-state index contributed by atoms with van der Waals surface area (Å²) in [6.45, 7) is 12.9. The van der Waals surface area contributed by atoms with Gasteiger partial charge < -0.3 is 9.47 Å². The lowest BCUT2D eigenvalue weighted by Gasteiger charge is -2.37. The van der Waals surface area contributed by atoms with Crippen LogP contribution in [-0.2, 0) is 35.6 Å². The Hall–Kier alpha value is -3.49. The molecule has 1 aliphatic heterocycles. The van der Waals surface area contributed by atoms with Gasteiger partial charge in [-0.25, -0.2) is 8.42 Å². The van der Waals surface area contributed by atoms with Gasteiger partial charge in [0, 0.05) is 6.54 Å². The number of benzene rings is 3. The minimum Gasteiger partial charge on any atom is -0.461 e. The highest BCUT2D eigenvalue weighted by Crippen LogP contribution is 2.36. The van der Waals surface area contributed by atoms with Gasteiger partial charge in [-0.3, -0.25) is 9.59 Å². The zero-order valence-corrected chi connectivity index (χ0v) is 26.9. The Bertz CT molecular complexity index is 1520. The van der Waals surface area contributed by atoms with Crippen molar-refractivity contribution >= 4 is 22.0 Å². The summed E-state index contributed by atoms with van der Waals surface area (Å²) in [6.07, 6.45) is -0.919. The molecule has 0 bridgehead atoms. The van der Waals surface area contributed by atoms with Gasteiger partial charge in [0.05, 0.1) is 22.8 Å². The van der Waals surface area contributed by atoms with Crippen LogP contribution in [0.2, 0.25) is 0 Å². The van der Waals surface area contributed by atoms with Crippen LogP contribution in [0.4, 0.5) is 0 Å². The van der Waals surface area contributed by atoms with Crippen LogP contribution in [0.5, 0.6) is 0 Å². The number of carbonyl (C=O) groups is 2. The number of aryl methyl sites for hydroxylation is 3. The molecule has 230 valence electrons. The highest BCUT2D eigenvalue weighted by atomic mass is 32.2. The monoisotopic (exact) mass is 605 g/mol. The largest absolute Gasteiger partial charge is 0.461 e. The van der Waals surface area contributed by atoms with Crippen LogP contribution < -0.4 is 0 Å². The SMILES string of the molecule is Cc1cc(C)c(S(=O)(=O)N(Cc2ccccc2)C(C)C(OC(=O)C(C)C2OC(=O)[C@@H](C)C[C@H]2C)c2ccccc2)c(C)c1. The fourth-order valence-electron chi connectivity index (χ4n) is 6.26. The van der Waals surface area contributed by atoms with Crippen LogP contribution in [0.15, 0.2) is 77.7 Å². The number of carbonyl (C=O) groups excluding carboxylic acids is 2. The Morgan fingerprint density at radius 1 is 0.953 bits per heavy atom. The second kappa shape index (κ2) is 13.4. The molecule has 3 aromatic carbocycles. The number of hydrogen-bond donors (Lipinski definition) is 0. The smallest absolute Gasteiger partial charge is 0.313 e. The lowest BCUT2D eigenvalue weighted by Crippen LogP contribution is -2.45. The molecule has 0 N–H and O–H groups in total. The topological polar surface area (TPSA) is 90.0 Å². The second-order valence-electron chi connectivity index (χ2n) is 12.1. The van der Waals surface area contributed by atoms with E-state index in [0.29, 0.717) is 23.1 Å². The van der Waals surface area contributed by atoms with Crippen molar-refractivity contribution in [1.29, 1.82) is 0 Å².